The van der Waals surface area contributed by atoms with Crippen LogP contribution < -0.4 is 0 Å². The molecule has 0 aromatic carbocycles. The minimum atomic E-state index is -3.67. The van der Waals surface area contributed by atoms with Crippen molar-refractivity contribution in [2.75, 3.05) is 0 Å². The van der Waals surface area contributed by atoms with Crippen LogP contribution in [0.2, 0.25) is 0 Å². The zero-order chi connectivity index (χ0) is 9.78. The van der Waals surface area contributed by atoms with Gasteiger partial charge < -0.3 is 0 Å². The number of nitrogens with zero attached hydrogens (tertiary/aromatic N) is 1. The highest BCUT2D eigenvalue weighted by atomic mass is 35.7. The predicted octanol–water partition coefficient (Wildman–Crippen LogP) is 2.24. The summed E-state index contributed by atoms with van der Waals surface area (Å²) in [4.78, 5) is 3.48. The molecule has 12 heavy (non-hydrogen) atoms. The number of allylic oxidation sites excluding steroid dienone is 2. The van der Waals surface area contributed by atoms with E-state index >= 15 is 0 Å². The summed E-state index contributed by atoms with van der Waals surface area (Å²) in [6.07, 6.45) is 2.35. The van der Waals surface area contributed by atoms with Gasteiger partial charge in [-0.25, -0.2) is 13.4 Å². The first-order valence-corrected chi connectivity index (χ1v) is 5.54. The zero-order valence-corrected chi connectivity index (χ0v) is 8.62. The number of rotatable bonds is 3. The zero-order valence-electron chi connectivity index (χ0n) is 6.29. The quantitative estimate of drug-likeness (QED) is 0.549. The topological polar surface area (TPSA) is 46.5 Å². The second-order valence-corrected chi connectivity index (χ2v) is 4.96. The van der Waals surface area contributed by atoms with Crippen LogP contribution in [-0.2, 0) is 9.05 Å². The Morgan fingerprint density at radius 3 is 2.42 bits per heavy atom. The average Bonchev–Trinajstić information content (AvgIpc) is 1.97. The summed E-state index contributed by atoms with van der Waals surface area (Å²) in [6, 6.07) is 0. The maximum absolute atomic E-state index is 10.6. The summed E-state index contributed by atoms with van der Waals surface area (Å²) in [5.74, 6) is 0. The molecule has 0 rings (SSSR count). The lowest BCUT2D eigenvalue weighted by atomic mass is 10.6. The van der Waals surface area contributed by atoms with E-state index < -0.39 is 9.05 Å². The van der Waals surface area contributed by atoms with Crippen LogP contribution in [0.1, 0.15) is 6.92 Å². The molecule has 0 fully saturated rings. The Morgan fingerprint density at radius 1 is 1.58 bits per heavy atom. The van der Waals surface area contributed by atoms with Gasteiger partial charge in [0.2, 0.25) is 0 Å². The number of aliphatic imine (C=N–C) groups is 1. The molecule has 0 bridgehead atoms. The molecule has 0 aliphatic heterocycles. The lowest BCUT2D eigenvalue weighted by Gasteiger charge is -1.90. The molecular formula is C6H7Cl2NO2S. The van der Waals surface area contributed by atoms with Gasteiger partial charge in [0.15, 0.2) is 0 Å². The largest absolute Gasteiger partial charge is 0.258 e. The van der Waals surface area contributed by atoms with Crippen molar-refractivity contribution >= 4 is 36.5 Å². The smallest absolute Gasteiger partial charge is 0.244 e. The predicted molar refractivity (Wildman–Crippen MR) is 52.0 cm³/mol. The Hall–Kier alpha value is -0.320. The summed E-state index contributed by atoms with van der Waals surface area (Å²) < 4.78 is 21.2. The molecule has 0 unspecified atom stereocenters. The molecule has 0 aliphatic rings. The highest BCUT2D eigenvalue weighted by Gasteiger charge is 2.06. The molecule has 0 aromatic heterocycles. The highest BCUT2D eigenvalue weighted by molar-refractivity contribution is 8.16. The molecule has 0 aliphatic carbocycles. The van der Waals surface area contributed by atoms with Crippen LogP contribution in [0.5, 0.6) is 0 Å². The number of hydrogen-bond acceptors (Lipinski definition) is 3. The van der Waals surface area contributed by atoms with E-state index in [1.807, 2.05) is 0 Å². The van der Waals surface area contributed by atoms with Gasteiger partial charge in [-0.05, 0) is 13.0 Å². The Kier molecular flexibility index (Phi) is 4.52. The molecule has 0 spiro atoms. The van der Waals surface area contributed by atoms with E-state index in [1.54, 1.807) is 0 Å². The molecular weight excluding hydrogens is 221 g/mol. The van der Waals surface area contributed by atoms with E-state index in [9.17, 15) is 8.42 Å². The third-order valence-corrected chi connectivity index (χ3v) is 2.78. The molecule has 6 heteroatoms. The van der Waals surface area contributed by atoms with Crippen LogP contribution in [-0.4, -0.2) is 13.6 Å². The first-order chi connectivity index (χ1) is 5.38. The maximum Gasteiger partial charge on any atom is 0.258 e. The Bertz CT molecular complexity index is 329. The van der Waals surface area contributed by atoms with E-state index in [2.05, 4.69) is 11.6 Å². The summed E-state index contributed by atoms with van der Waals surface area (Å²) in [6.45, 7) is 4.64. The molecule has 0 saturated heterocycles. The van der Waals surface area contributed by atoms with Gasteiger partial charge in [-0.1, -0.05) is 18.2 Å². The van der Waals surface area contributed by atoms with Gasteiger partial charge in [0.05, 0.1) is 4.91 Å². The van der Waals surface area contributed by atoms with Crippen molar-refractivity contribution in [1.82, 2.24) is 0 Å². The summed E-state index contributed by atoms with van der Waals surface area (Å²) in [7, 11) is 1.30. The van der Waals surface area contributed by atoms with E-state index in [0.717, 1.165) is 6.20 Å². The van der Waals surface area contributed by atoms with Gasteiger partial charge in [-0.15, -0.1) is 0 Å². The normalized spacial score (nSPS) is 14.6. The van der Waals surface area contributed by atoms with Gasteiger partial charge in [0, 0.05) is 16.9 Å². The molecule has 0 radical (unpaired) electrons. The van der Waals surface area contributed by atoms with Gasteiger partial charge in [0.25, 0.3) is 9.05 Å². The van der Waals surface area contributed by atoms with Crippen LogP contribution in [0, 0.1) is 0 Å². The SMILES string of the molecule is C=C/C(Cl)=N\C=C(/C)S(=O)(=O)Cl. The van der Waals surface area contributed by atoms with Gasteiger partial charge in [-0.3, -0.25) is 0 Å². The molecule has 0 amide bonds. The average molecular weight is 228 g/mol. The summed E-state index contributed by atoms with van der Waals surface area (Å²) in [5, 5.41) is 0.106. The van der Waals surface area contributed by atoms with E-state index in [4.69, 9.17) is 22.3 Å². The van der Waals surface area contributed by atoms with Crippen molar-refractivity contribution in [1.29, 1.82) is 0 Å². The highest BCUT2D eigenvalue weighted by Crippen LogP contribution is 2.10. The van der Waals surface area contributed by atoms with Crippen molar-refractivity contribution in [3.63, 3.8) is 0 Å². The Balaban J connectivity index is 4.73. The van der Waals surface area contributed by atoms with Crippen LogP contribution in [0.4, 0.5) is 0 Å². The van der Waals surface area contributed by atoms with Gasteiger partial charge in [-0.2, -0.15) is 0 Å². The fourth-order valence-corrected chi connectivity index (χ4v) is 0.615. The van der Waals surface area contributed by atoms with Crippen molar-refractivity contribution in [3.8, 4) is 0 Å². The van der Waals surface area contributed by atoms with Crippen LogP contribution in [0.15, 0.2) is 28.8 Å². The van der Waals surface area contributed by atoms with Gasteiger partial charge in [0.1, 0.15) is 5.17 Å². The molecule has 68 valence electrons. The summed E-state index contributed by atoms with van der Waals surface area (Å²) in [5.41, 5.74) is 0. The molecule has 0 atom stereocenters. The Labute approximate surface area is 80.8 Å². The molecule has 0 heterocycles. The fraction of sp³-hybridized carbons (Fsp3) is 0.167. The van der Waals surface area contributed by atoms with Crippen LogP contribution >= 0.6 is 22.3 Å². The standard InChI is InChI=1S/C6H7Cl2NO2S/c1-3-6(7)9-4-5(2)12(8,10)11/h3-4H,1H2,2H3/b5-4+,9-6+. The van der Waals surface area contributed by atoms with Crippen molar-refractivity contribution in [2.45, 2.75) is 6.92 Å². The molecule has 3 nitrogen and oxygen atoms in total. The lowest BCUT2D eigenvalue weighted by molar-refractivity contribution is 0.615. The number of halogens is 2. The number of hydrogen-bond donors (Lipinski definition) is 0. The third-order valence-electron chi connectivity index (χ3n) is 0.923. The van der Waals surface area contributed by atoms with Crippen molar-refractivity contribution in [2.24, 2.45) is 4.99 Å². The first-order valence-electron chi connectivity index (χ1n) is 2.85. The second kappa shape index (κ2) is 4.64. The maximum atomic E-state index is 10.6. The molecule has 0 saturated carbocycles. The van der Waals surface area contributed by atoms with Crippen molar-refractivity contribution in [3.05, 3.63) is 23.8 Å². The Morgan fingerprint density at radius 2 is 2.08 bits per heavy atom. The van der Waals surface area contributed by atoms with Gasteiger partial charge >= 0.3 is 0 Å². The van der Waals surface area contributed by atoms with E-state index in [0.29, 0.717) is 0 Å². The van der Waals surface area contributed by atoms with Crippen LogP contribution in [0.25, 0.3) is 0 Å². The molecule has 0 aromatic rings. The van der Waals surface area contributed by atoms with Crippen molar-refractivity contribution < 1.29 is 8.42 Å². The minimum absolute atomic E-state index is 0.0656. The molecule has 0 N–H and O–H groups in total. The lowest BCUT2D eigenvalue weighted by Crippen LogP contribution is -1.89. The third kappa shape index (κ3) is 4.54. The first kappa shape index (κ1) is 11.7. The summed E-state index contributed by atoms with van der Waals surface area (Å²) >= 11 is 5.41. The van der Waals surface area contributed by atoms with E-state index in [-0.39, 0.29) is 10.1 Å². The van der Waals surface area contributed by atoms with Crippen LogP contribution in [0.3, 0.4) is 0 Å². The monoisotopic (exact) mass is 227 g/mol. The minimum Gasteiger partial charge on any atom is -0.244 e. The van der Waals surface area contributed by atoms with E-state index in [1.165, 1.54) is 13.0 Å². The fourth-order valence-electron chi connectivity index (χ4n) is 0.268. The second-order valence-electron chi connectivity index (χ2n) is 1.83.